The predicted molar refractivity (Wildman–Crippen MR) is 86.4 cm³/mol. The van der Waals surface area contributed by atoms with Crippen LogP contribution in [0.1, 0.15) is 56.1 Å². The molecule has 124 valence electrons. The topological polar surface area (TPSA) is 59.5 Å². The van der Waals surface area contributed by atoms with Crippen molar-refractivity contribution in [1.82, 2.24) is 9.88 Å². The third kappa shape index (κ3) is 3.09. The second-order valence-corrected chi connectivity index (χ2v) is 7.57. The number of hydrogen-bond acceptors (Lipinski definition) is 4. The van der Waals surface area contributed by atoms with E-state index in [1.54, 1.807) is 11.1 Å². The zero-order valence-corrected chi connectivity index (χ0v) is 14.1. The highest BCUT2D eigenvalue weighted by Gasteiger charge is 2.45. The minimum Gasteiger partial charge on any atom is -0.444 e. The first-order chi connectivity index (χ1) is 10.8. The maximum atomic E-state index is 12.9. The van der Waals surface area contributed by atoms with Crippen LogP contribution in [-0.2, 0) is 11.2 Å². The molecular weight excluding hydrogens is 292 g/mol. The van der Waals surface area contributed by atoms with E-state index >= 15 is 0 Å². The number of fused-ring (bicyclic) bond motifs is 1. The molecule has 1 fully saturated rings. The highest BCUT2D eigenvalue weighted by molar-refractivity contribution is 6.02. The third-order valence-electron chi connectivity index (χ3n) is 4.83. The Bertz CT molecular complexity index is 625. The van der Waals surface area contributed by atoms with E-state index in [9.17, 15) is 9.59 Å². The number of piperidine rings is 1. The van der Waals surface area contributed by atoms with Gasteiger partial charge in [-0.05, 0) is 58.6 Å². The lowest BCUT2D eigenvalue weighted by Gasteiger charge is -2.43. The van der Waals surface area contributed by atoms with E-state index in [2.05, 4.69) is 4.98 Å². The van der Waals surface area contributed by atoms with Gasteiger partial charge in [0.2, 0.25) is 0 Å². The molecule has 2 aliphatic rings. The normalized spacial score (nSPS) is 20.3. The molecule has 0 radical (unpaired) electrons. The Morgan fingerprint density at radius 3 is 2.61 bits per heavy atom. The molecule has 5 heteroatoms. The molecular formula is C18H24N2O3. The Kier molecular flexibility index (Phi) is 3.90. The molecule has 1 aromatic rings. The molecule has 0 saturated carbocycles. The molecule has 2 heterocycles. The largest absolute Gasteiger partial charge is 0.444 e. The second kappa shape index (κ2) is 5.62. The molecule has 1 saturated heterocycles. The molecule has 0 unspecified atom stereocenters. The van der Waals surface area contributed by atoms with Crippen LogP contribution < -0.4 is 0 Å². The van der Waals surface area contributed by atoms with Gasteiger partial charge >= 0.3 is 6.09 Å². The lowest BCUT2D eigenvalue weighted by Crippen LogP contribution is -2.49. The number of nitrogens with zero attached hydrogens (tertiary/aromatic N) is 2. The fourth-order valence-corrected chi connectivity index (χ4v) is 3.52. The van der Waals surface area contributed by atoms with E-state index < -0.39 is 5.60 Å². The maximum absolute atomic E-state index is 12.9. The number of Topliss-reactive ketones (excluding diaryl/α,β-unsaturated/α-hetero) is 1. The lowest BCUT2D eigenvalue weighted by molar-refractivity contribution is 0.00890. The van der Waals surface area contributed by atoms with Crippen LogP contribution in [-0.4, -0.2) is 40.5 Å². The monoisotopic (exact) mass is 316 g/mol. The number of ketones is 1. The van der Waals surface area contributed by atoms with E-state index in [1.165, 1.54) is 0 Å². The summed E-state index contributed by atoms with van der Waals surface area (Å²) in [6.07, 6.45) is 4.55. The van der Waals surface area contributed by atoms with Gasteiger partial charge in [0.1, 0.15) is 5.60 Å². The Morgan fingerprint density at radius 2 is 1.96 bits per heavy atom. The summed E-state index contributed by atoms with van der Waals surface area (Å²) in [5.41, 5.74) is 0.869. The van der Waals surface area contributed by atoms with Crippen LogP contribution >= 0.6 is 0 Å². The molecule has 23 heavy (non-hydrogen) atoms. The molecule has 1 spiro atoms. The van der Waals surface area contributed by atoms with Crippen molar-refractivity contribution < 1.29 is 14.3 Å². The predicted octanol–water partition coefficient (Wildman–Crippen LogP) is 3.23. The molecule has 1 amide bonds. The zero-order valence-electron chi connectivity index (χ0n) is 14.1. The van der Waals surface area contributed by atoms with Crippen LogP contribution in [0.4, 0.5) is 4.79 Å². The zero-order chi connectivity index (χ0) is 16.7. The van der Waals surface area contributed by atoms with Gasteiger partial charge in [-0.2, -0.15) is 0 Å². The summed E-state index contributed by atoms with van der Waals surface area (Å²) >= 11 is 0. The number of likely N-dealkylation sites (tertiary alicyclic amines) is 1. The maximum Gasteiger partial charge on any atom is 0.410 e. The number of hydrogen-bond donors (Lipinski definition) is 0. The van der Waals surface area contributed by atoms with Gasteiger partial charge in [-0.1, -0.05) is 0 Å². The van der Waals surface area contributed by atoms with Crippen molar-refractivity contribution in [3.05, 3.63) is 29.6 Å². The van der Waals surface area contributed by atoms with Crippen molar-refractivity contribution in [2.45, 2.75) is 52.1 Å². The Morgan fingerprint density at radius 1 is 1.26 bits per heavy atom. The number of aromatic nitrogens is 1. The third-order valence-corrected chi connectivity index (χ3v) is 4.83. The first kappa shape index (κ1) is 16.0. The number of rotatable bonds is 0. The summed E-state index contributed by atoms with van der Waals surface area (Å²) in [6, 6.07) is 3.71. The Labute approximate surface area is 137 Å². The summed E-state index contributed by atoms with van der Waals surface area (Å²) in [6.45, 7) is 6.76. The molecule has 0 atom stereocenters. The number of aryl methyl sites for hydroxylation is 1. The molecule has 0 N–H and O–H groups in total. The fraction of sp³-hybridized carbons (Fsp3) is 0.611. The minimum absolute atomic E-state index is 0.204. The number of carbonyl (C=O) groups is 2. The summed E-state index contributed by atoms with van der Waals surface area (Å²) < 4.78 is 5.43. The lowest BCUT2D eigenvalue weighted by atomic mass is 9.66. The molecule has 5 nitrogen and oxygen atoms in total. The molecule has 3 rings (SSSR count). The quantitative estimate of drug-likeness (QED) is 0.737. The number of ether oxygens (including phenoxy) is 1. The molecule has 1 aliphatic carbocycles. The first-order valence-corrected chi connectivity index (χ1v) is 8.27. The summed E-state index contributed by atoms with van der Waals surface area (Å²) in [4.78, 5) is 31.1. The van der Waals surface area contributed by atoms with E-state index in [-0.39, 0.29) is 17.3 Å². The van der Waals surface area contributed by atoms with Crippen LogP contribution in [0.5, 0.6) is 0 Å². The van der Waals surface area contributed by atoms with E-state index in [0.29, 0.717) is 25.9 Å². The summed E-state index contributed by atoms with van der Waals surface area (Å²) in [5, 5.41) is 0. The molecule has 1 aliphatic heterocycles. The molecule has 0 aromatic carbocycles. The van der Waals surface area contributed by atoms with Crippen molar-refractivity contribution in [2.75, 3.05) is 13.1 Å². The number of carbonyl (C=O) groups excluding carboxylic acids is 2. The van der Waals surface area contributed by atoms with Crippen LogP contribution in [0.15, 0.2) is 18.3 Å². The molecule has 0 bridgehead atoms. The standard InChI is InChI=1S/C18H24N2O3/c1-17(2,3)23-16(22)20-11-8-18(9-12-20)7-6-14-13(15(18)21)5-4-10-19-14/h4-5,10H,6-9,11-12H2,1-3H3. The fourth-order valence-electron chi connectivity index (χ4n) is 3.52. The van der Waals surface area contributed by atoms with Crippen LogP contribution in [0.2, 0.25) is 0 Å². The summed E-state index contributed by atoms with van der Waals surface area (Å²) in [7, 11) is 0. The first-order valence-electron chi connectivity index (χ1n) is 8.27. The van der Waals surface area contributed by atoms with Crippen LogP contribution in [0, 0.1) is 5.41 Å². The highest BCUT2D eigenvalue weighted by atomic mass is 16.6. The van der Waals surface area contributed by atoms with Crippen molar-refractivity contribution in [2.24, 2.45) is 5.41 Å². The SMILES string of the molecule is CC(C)(C)OC(=O)N1CCC2(CCc3ncccc3C2=O)CC1. The number of pyridine rings is 1. The van der Waals surface area contributed by atoms with Crippen molar-refractivity contribution in [3.8, 4) is 0 Å². The van der Waals surface area contributed by atoms with Crippen molar-refractivity contribution >= 4 is 11.9 Å². The van der Waals surface area contributed by atoms with Gasteiger partial charge in [0.15, 0.2) is 5.78 Å². The Hall–Kier alpha value is -1.91. The van der Waals surface area contributed by atoms with Gasteiger partial charge < -0.3 is 9.64 Å². The van der Waals surface area contributed by atoms with Crippen LogP contribution in [0.3, 0.4) is 0 Å². The van der Waals surface area contributed by atoms with Gasteiger partial charge in [-0.25, -0.2) is 4.79 Å². The van der Waals surface area contributed by atoms with Gasteiger partial charge in [-0.15, -0.1) is 0 Å². The van der Waals surface area contributed by atoms with E-state index in [4.69, 9.17) is 4.74 Å². The van der Waals surface area contributed by atoms with E-state index in [1.807, 2.05) is 32.9 Å². The average Bonchev–Trinajstić information content (AvgIpc) is 2.50. The number of amides is 1. The van der Waals surface area contributed by atoms with Crippen molar-refractivity contribution in [1.29, 1.82) is 0 Å². The smallest absolute Gasteiger partial charge is 0.410 e. The van der Waals surface area contributed by atoms with Gasteiger partial charge in [0.25, 0.3) is 0 Å². The van der Waals surface area contributed by atoms with Crippen LogP contribution in [0.25, 0.3) is 0 Å². The second-order valence-electron chi connectivity index (χ2n) is 7.57. The van der Waals surface area contributed by atoms with E-state index in [0.717, 1.165) is 24.1 Å². The van der Waals surface area contributed by atoms with Gasteiger partial charge in [0, 0.05) is 30.3 Å². The highest BCUT2D eigenvalue weighted by Crippen LogP contribution is 2.43. The van der Waals surface area contributed by atoms with Crippen molar-refractivity contribution in [3.63, 3.8) is 0 Å². The van der Waals surface area contributed by atoms with Gasteiger partial charge in [0.05, 0.1) is 5.69 Å². The Balaban J connectivity index is 1.69. The minimum atomic E-state index is -0.489. The van der Waals surface area contributed by atoms with Gasteiger partial charge in [-0.3, -0.25) is 9.78 Å². The average molecular weight is 316 g/mol. The summed E-state index contributed by atoms with van der Waals surface area (Å²) in [5.74, 6) is 0.204. The molecule has 1 aromatic heterocycles.